The quantitative estimate of drug-likeness (QED) is 0.774. The van der Waals surface area contributed by atoms with Gasteiger partial charge in [-0.25, -0.2) is 0 Å². The molecule has 1 heterocycles. The Labute approximate surface area is 156 Å². The Hall–Kier alpha value is -3.42. The van der Waals surface area contributed by atoms with Gasteiger partial charge in [-0.1, -0.05) is 12.1 Å². The predicted octanol–water partition coefficient (Wildman–Crippen LogP) is 1.60. The van der Waals surface area contributed by atoms with Gasteiger partial charge in [-0.3, -0.25) is 9.59 Å². The van der Waals surface area contributed by atoms with Crippen molar-refractivity contribution in [2.75, 3.05) is 32.7 Å². The highest BCUT2D eigenvalue weighted by molar-refractivity contribution is 6.39. The van der Waals surface area contributed by atoms with E-state index in [-0.39, 0.29) is 19.3 Å². The number of nitrogens with one attached hydrogen (secondary N) is 2. The third-order valence-electron chi connectivity index (χ3n) is 3.92. The summed E-state index contributed by atoms with van der Waals surface area (Å²) in [4.78, 5) is 24.3. The van der Waals surface area contributed by atoms with Crippen LogP contribution in [0.2, 0.25) is 0 Å². The molecule has 0 aliphatic carbocycles. The van der Waals surface area contributed by atoms with Crippen LogP contribution in [0.15, 0.2) is 42.5 Å². The van der Waals surface area contributed by atoms with Gasteiger partial charge in [0.25, 0.3) is 0 Å². The van der Waals surface area contributed by atoms with Gasteiger partial charge in [0.15, 0.2) is 11.5 Å². The highest BCUT2D eigenvalue weighted by Crippen LogP contribution is 2.31. The van der Waals surface area contributed by atoms with Crippen LogP contribution in [0, 0.1) is 0 Å². The number of anilines is 1. The lowest BCUT2D eigenvalue weighted by Gasteiger charge is -2.26. The largest absolute Gasteiger partial charge is 0.497 e. The number of fused-ring (bicyclic) bond motifs is 1. The molecule has 0 aromatic heterocycles. The van der Waals surface area contributed by atoms with Crippen LogP contribution >= 0.6 is 0 Å². The normalized spacial score (nSPS) is 14.8. The lowest BCUT2D eigenvalue weighted by atomic mass is 10.2. The van der Waals surface area contributed by atoms with Gasteiger partial charge < -0.3 is 29.6 Å². The Kier molecular flexibility index (Phi) is 5.65. The van der Waals surface area contributed by atoms with E-state index in [2.05, 4.69) is 10.6 Å². The predicted molar refractivity (Wildman–Crippen MR) is 97.5 cm³/mol. The first-order valence-corrected chi connectivity index (χ1v) is 8.30. The summed E-state index contributed by atoms with van der Waals surface area (Å²) in [5.74, 6) is 0.591. The Morgan fingerprint density at radius 3 is 2.59 bits per heavy atom. The second-order valence-electron chi connectivity index (χ2n) is 5.73. The van der Waals surface area contributed by atoms with Crippen molar-refractivity contribution in [1.82, 2.24) is 5.32 Å². The summed E-state index contributed by atoms with van der Waals surface area (Å²) in [6.45, 7) is 0.415. The fourth-order valence-corrected chi connectivity index (χ4v) is 2.54. The molecular formula is C19H20N2O6. The molecule has 2 aromatic carbocycles. The standard InChI is InChI=1S/C19H20N2O6/c1-24-12-7-8-15(25-2)14(9-12)21-19(23)18(22)20-10-13-11-26-16-5-3-4-6-17(16)27-13/h3-9,13H,10-11H2,1-2H3,(H,20,22)(H,21,23). The van der Waals surface area contributed by atoms with Crippen LogP contribution in [0.1, 0.15) is 0 Å². The number of rotatable bonds is 5. The molecule has 0 radical (unpaired) electrons. The minimum Gasteiger partial charge on any atom is -0.497 e. The Morgan fingerprint density at radius 2 is 1.85 bits per heavy atom. The van der Waals surface area contributed by atoms with Gasteiger partial charge in [0.05, 0.1) is 26.5 Å². The minimum absolute atomic E-state index is 0.135. The molecule has 1 aliphatic rings. The van der Waals surface area contributed by atoms with Crippen molar-refractivity contribution in [1.29, 1.82) is 0 Å². The summed E-state index contributed by atoms with van der Waals surface area (Å²) in [7, 11) is 2.97. The number of para-hydroxylation sites is 2. The SMILES string of the molecule is COc1ccc(OC)c(NC(=O)C(=O)NCC2COc3ccccc3O2)c1. The number of carbonyl (C=O) groups excluding carboxylic acids is 2. The lowest BCUT2D eigenvalue weighted by molar-refractivity contribution is -0.136. The zero-order valence-electron chi connectivity index (χ0n) is 15.0. The van der Waals surface area contributed by atoms with Gasteiger partial charge in [0.1, 0.15) is 24.2 Å². The van der Waals surface area contributed by atoms with Gasteiger partial charge >= 0.3 is 11.8 Å². The van der Waals surface area contributed by atoms with Crippen LogP contribution in [-0.2, 0) is 9.59 Å². The van der Waals surface area contributed by atoms with E-state index < -0.39 is 11.8 Å². The molecule has 142 valence electrons. The van der Waals surface area contributed by atoms with E-state index >= 15 is 0 Å². The molecule has 27 heavy (non-hydrogen) atoms. The molecular weight excluding hydrogens is 352 g/mol. The zero-order valence-corrected chi connectivity index (χ0v) is 15.0. The first-order chi connectivity index (χ1) is 13.1. The van der Waals surface area contributed by atoms with Crippen molar-refractivity contribution in [3.8, 4) is 23.0 Å². The molecule has 1 atom stereocenters. The van der Waals surface area contributed by atoms with E-state index in [1.165, 1.54) is 14.2 Å². The summed E-state index contributed by atoms with van der Waals surface area (Å²) in [5, 5.41) is 5.05. The Balaban J connectivity index is 1.55. The van der Waals surface area contributed by atoms with Crippen LogP contribution in [0.25, 0.3) is 0 Å². The molecule has 2 N–H and O–H groups in total. The third kappa shape index (κ3) is 4.41. The number of hydrogen-bond acceptors (Lipinski definition) is 6. The van der Waals surface area contributed by atoms with Crippen LogP contribution in [0.3, 0.4) is 0 Å². The van der Waals surface area contributed by atoms with E-state index in [1.807, 2.05) is 12.1 Å². The maximum absolute atomic E-state index is 12.2. The van der Waals surface area contributed by atoms with Crippen molar-refractivity contribution in [2.45, 2.75) is 6.10 Å². The number of hydrogen-bond donors (Lipinski definition) is 2. The first kappa shape index (κ1) is 18.4. The second kappa shape index (κ2) is 8.31. The molecule has 8 nitrogen and oxygen atoms in total. The Morgan fingerprint density at radius 1 is 1.07 bits per heavy atom. The lowest BCUT2D eigenvalue weighted by Crippen LogP contribution is -2.44. The molecule has 0 saturated heterocycles. The average Bonchev–Trinajstić information content (AvgIpc) is 2.71. The fraction of sp³-hybridized carbons (Fsp3) is 0.263. The molecule has 2 aromatic rings. The number of ether oxygens (including phenoxy) is 4. The van der Waals surface area contributed by atoms with Gasteiger partial charge in [0, 0.05) is 6.07 Å². The van der Waals surface area contributed by atoms with Gasteiger partial charge in [-0.05, 0) is 24.3 Å². The molecule has 1 aliphatic heterocycles. The molecule has 0 spiro atoms. The van der Waals surface area contributed by atoms with E-state index in [0.717, 1.165) is 0 Å². The van der Waals surface area contributed by atoms with E-state index in [0.29, 0.717) is 28.7 Å². The van der Waals surface area contributed by atoms with Gasteiger partial charge in [0.2, 0.25) is 0 Å². The van der Waals surface area contributed by atoms with E-state index in [9.17, 15) is 9.59 Å². The van der Waals surface area contributed by atoms with E-state index in [4.69, 9.17) is 18.9 Å². The van der Waals surface area contributed by atoms with Gasteiger partial charge in [-0.15, -0.1) is 0 Å². The number of benzene rings is 2. The van der Waals surface area contributed by atoms with Crippen molar-refractivity contribution in [3.63, 3.8) is 0 Å². The van der Waals surface area contributed by atoms with Crippen LogP contribution in [-0.4, -0.2) is 45.3 Å². The highest BCUT2D eigenvalue weighted by Gasteiger charge is 2.23. The summed E-state index contributed by atoms with van der Waals surface area (Å²) in [6, 6.07) is 12.2. The maximum Gasteiger partial charge on any atom is 0.313 e. The van der Waals surface area contributed by atoms with Crippen LogP contribution in [0.4, 0.5) is 5.69 Å². The second-order valence-corrected chi connectivity index (χ2v) is 5.73. The summed E-state index contributed by atoms with van der Waals surface area (Å²) >= 11 is 0. The summed E-state index contributed by atoms with van der Waals surface area (Å²) in [6.07, 6.45) is -0.386. The first-order valence-electron chi connectivity index (χ1n) is 8.30. The van der Waals surface area contributed by atoms with Crippen molar-refractivity contribution < 1.29 is 28.5 Å². The third-order valence-corrected chi connectivity index (χ3v) is 3.92. The monoisotopic (exact) mass is 372 g/mol. The smallest absolute Gasteiger partial charge is 0.313 e. The molecule has 8 heteroatoms. The number of amides is 2. The molecule has 2 amide bonds. The maximum atomic E-state index is 12.2. The average molecular weight is 372 g/mol. The van der Waals surface area contributed by atoms with Crippen LogP contribution in [0.5, 0.6) is 23.0 Å². The fourth-order valence-electron chi connectivity index (χ4n) is 2.54. The molecule has 3 rings (SSSR count). The highest BCUT2D eigenvalue weighted by atomic mass is 16.6. The van der Waals surface area contributed by atoms with Crippen molar-refractivity contribution in [3.05, 3.63) is 42.5 Å². The number of carbonyl (C=O) groups is 2. The van der Waals surface area contributed by atoms with E-state index in [1.54, 1.807) is 30.3 Å². The summed E-state index contributed by atoms with van der Waals surface area (Å²) < 4.78 is 21.6. The Bertz CT molecular complexity index is 839. The molecule has 0 fully saturated rings. The van der Waals surface area contributed by atoms with Crippen molar-refractivity contribution in [2.24, 2.45) is 0 Å². The summed E-state index contributed by atoms with van der Waals surface area (Å²) in [5.41, 5.74) is 0.336. The van der Waals surface area contributed by atoms with Crippen molar-refractivity contribution >= 4 is 17.5 Å². The molecule has 0 bridgehead atoms. The molecule has 0 saturated carbocycles. The van der Waals surface area contributed by atoms with Gasteiger partial charge in [-0.2, -0.15) is 0 Å². The molecule has 1 unspecified atom stereocenters. The minimum atomic E-state index is -0.821. The topological polar surface area (TPSA) is 95.1 Å². The van der Waals surface area contributed by atoms with Crippen LogP contribution < -0.4 is 29.6 Å². The number of methoxy groups -OCH3 is 2. The zero-order chi connectivity index (χ0) is 19.2.